The van der Waals surface area contributed by atoms with Crippen molar-refractivity contribution >= 4 is 17.8 Å². The number of allylic oxidation sites excluding steroid dienone is 2. The molecule has 0 aromatic heterocycles. The molecule has 0 unspecified atom stereocenters. The molecule has 1 aromatic carbocycles. The van der Waals surface area contributed by atoms with Crippen molar-refractivity contribution in [1.29, 1.82) is 0 Å². The van der Waals surface area contributed by atoms with E-state index >= 15 is 0 Å². The summed E-state index contributed by atoms with van der Waals surface area (Å²) in [7, 11) is 0. The van der Waals surface area contributed by atoms with Gasteiger partial charge >= 0.3 is 5.97 Å². The lowest BCUT2D eigenvalue weighted by Gasteiger charge is -2.24. The molecule has 1 aromatic rings. The first-order chi connectivity index (χ1) is 12.3. The molecule has 26 heavy (non-hydrogen) atoms. The number of aliphatic carboxylic acids is 1. The molecule has 0 radical (unpaired) electrons. The van der Waals surface area contributed by atoms with Gasteiger partial charge in [0, 0.05) is 0 Å². The van der Waals surface area contributed by atoms with Crippen LogP contribution in [0.1, 0.15) is 30.9 Å². The molecule has 0 fully saturated rings. The van der Waals surface area contributed by atoms with Crippen LogP contribution in [0.3, 0.4) is 0 Å². The lowest BCUT2D eigenvalue weighted by molar-refractivity contribution is -0.147. The molecule has 1 aliphatic carbocycles. The normalized spacial score (nSPS) is 20.1. The van der Waals surface area contributed by atoms with Crippen molar-refractivity contribution in [2.75, 3.05) is 0 Å². The molecule has 2 rings (SSSR count). The quantitative estimate of drug-likeness (QED) is 0.549. The largest absolute Gasteiger partial charge is 0.481 e. The van der Waals surface area contributed by atoms with Gasteiger partial charge in [-0.05, 0) is 50.8 Å². The van der Waals surface area contributed by atoms with Gasteiger partial charge in [0.1, 0.15) is 5.75 Å². The van der Waals surface area contributed by atoms with Gasteiger partial charge in [-0.25, -0.2) is 0 Å². The fraction of sp³-hybridized carbons (Fsp3) is 0.421. The van der Waals surface area contributed by atoms with Crippen LogP contribution in [0.15, 0.2) is 30.4 Å². The average Bonchev–Trinajstić information content (AvgIpc) is 2.63. The van der Waals surface area contributed by atoms with Gasteiger partial charge < -0.3 is 9.84 Å². The molecular formula is C19H24N2O5. The Balaban J connectivity index is 1.91. The second-order valence-electron chi connectivity index (χ2n) is 6.43. The Morgan fingerprint density at radius 2 is 1.77 bits per heavy atom. The summed E-state index contributed by atoms with van der Waals surface area (Å²) in [5.74, 6) is -2.96. The fourth-order valence-corrected chi connectivity index (χ4v) is 2.79. The third-order valence-corrected chi connectivity index (χ3v) is 4.62. The number of carboxylic acids is 1. The number of ether oxygens (including phenoxy) is 1. The highest BCUT2D eigenvalue weighted by Crippen LogP contribution is 2.26. The van der Waals surface area contributed by atoms with Gasteiger partial charge in [-0.3, -0.25) is 25.2 Å². The number of nitrogens with one attached hydrogen (secondary N) is 2. The van der Waals surface area contributed by atoms with Crippen molar-refractivity contribution in [3.05, 3.63) is 41.5 Å². The third kappa shape index (κ3) is 4.62. The zero-order chi connectivity index (χ0) is 19.3. The number of benzene rings is 1. The minimum atomic E-state index is -1.02. The standard InChI is InChI=1S/C19H24N2O5/c1-11-7-6-10-16(12(11)2)26-13(3)17(22)20-21-18(23)14-8-4-5-9-15(14)19(24)25/h4-7,10,13-15H,8-9H2,1-3H3,(H,20,22)(H,21,23)(H,24,25)/t13-,14-,15-/m1/s1. The van der Waals surface area contributed by atoms with Crippen LogP contribution in [-0.4, -0.2) is 29.0 Å². The second-order valence-corrected chi connectivity index (χ2v) is 6.43. The van der Waals surface area contributed by atoms with E-state index in [2.05, 4.69) is 10.9 Å². The van der Waals surface area contributed by atoms with E-state index in [0.29, 0.717) is 18.6 Å². The smallest absolute Gasteiger partial charge is 0.307 e. The number of amides is 2. The molecular weight excluding hydrogens is 336 g/mol. The van der Waals surface area contributed by atoms with Gasteiger partial charge in [0.15, 0.2) is 6.10 Å². The molecule has 1 aliphatic rings. The lowest BCUT2D eigenvalue weighted by atomic mass is 9.82. The van der Waals surface area contributed by atoms with Crippen LogP contribution in [0.2, 0.25) is 0 Å². The minimum Gasteiger partial charge on any atom is -0.481 e. The van der Waals surface area contributed by atoms with E-state index in [0.717, 1.165) is 11.1 Å². The van der Waals surface area contributed by atoms with Crippen molar-refractivity contribution in [3.8, 4) is 5.75 Å². The molecule has 140 valence electrons. The van der Waals surface area contributed by atoms with E-state index in [4.69, 9.17) is 4.74 Å². The Morgan fingerprint density at radius 1 is 1.12 bits per heavy atom. The molecule has 0 heterocycles. The molecule has 7 nitrogen and oxygen atoms in total. The topological polar surface area (TPSA) is 105 Å². The molecule has 0 aliphatic heterocycles. The predicted molar refractivity (Wildman–Crippen MR) is 95.3 cm³/mol. The highest BCUT2D eigenvalue weighted by Gasteiger charge is 2.34. The van der Waals surface area contributed by atoms with Crippen LogP contribution >= 0.6 is 0 Å². The molecule has 0 spiro atoms. The van der Waals surface area contributed by atoms with Gasteiger partial charge in [0.05, 0.1) is 11.8 Å². The van der Waals surface area contributed by atoms with Crippen LogP contribution in [0.4, 0.5) is 0 Å². The number of carboxylic acid groups (broad SMARTS) is 1. The monoisotopic (exact) mass is 360 g/mol. The van der Waals surface area contributed by atoms with Gasteiger partial charge in [-0.2, -0.15) is 0 Å². The van der Waals surface area contributed by atoms with E-state index in [1.165, 1.54) is 0 Å². The number of carbonyl (C=O) groups is 3. The highest BCUT2D eigenvalue weighted by atomic mass is 16.5. The number of aryl methyl sites for hydroxylation is 1. The summed E-state index contributed by atoms with van der Waals surface area (Å²) in [5.41, 5.74) is 6.62. The van der Waals surface area contributed by atoms with Crippen molar-refractivity contribution in [1.82, 2.24) is 10.9 Å². The van der Waals surface area contributed by atoms with Crippen molar-refractivity contribution in [2.45, 2.75) is 39.7 Å². The first-order valence-electron chi connectivity index (χ1n) is 8.51. The van der Waals surface area contributed by atoms with Gasteiger partial charge in [-0.1, -0.05) is 24.3 Å². The van der Waals surface area contributed by atoms with Crippen LogP contribution in [-0.2, 0) is 14.4 Å². The summed E-state index contributed by atoms with van der Waals surface area (Å²) >= 11 is 0. The number of carbonyl (C=O) groups excluding carboxylic acids is 2. The molecule has 0 saturated heterocycles. The second kappa shape index (κ2) is 8.51. The molecule has 3 N–H and O–H groups in total. The van der Waals surface area contributed by atoms with Crippen LogP contribution in [0.25, 0.3) is 0 Å². The summed E-state index contributed by atoms with van der Waals surface area (Å²) in [6.07, 6.45) is 3.33. The van der Waals surface area contributed by atoms with Gasteiger partial charge in [-0.15, -0.1) is 0 Å². The van der Waals surface area contributed by atoms with E-state index in [1.54, 1.807) is 25.1 Å². The Morgan fingerprint density at radius 3 is 2.42 bits per heavy atom. The fourth-order valence-electron chi connectivity index (χ4n) is 2.79. The van der Waals surface area contributed by atoms with E-state index in [-0.39, 0.29) is 0 Å². The Bertz CT molecular complexity index is 729. The maximum atomic E-state index is 12.2. The average molecular weight is 360 g/mol. The highest BCUT2D eigenvalue weighted by molar-refractivity contribution is 5.88. The summed E-state index contributed by atoms with van der Waals surface area (Å²) in [4.78, 5) is 35.7. The van der Waals surface area contributed by atoms with Crippen molar-refractivity contribution < 1.29 is 24.2 Å². The zero-order valence-electron chi connectivity index (χ0n) is 15.1. The third-order valence-electron chi connectivity index (χ3n) is 4.62. The number of rotatable bonds is 5. The predicted octanol–water partition coefficient (Wildman–Crippen LogP) is 1.89. The molecule has 0 bridgehead atoms. The summed E-state index contributed by atoms with van der Waals surface area (Å²) in [5, 5.41) is 9.21. The van der Waals surface area contributed by atoms with Crippen LogP contribution in [0, 0.1) is 25.7 Å². The molecule has 2 amide bonds. The lowest BCUT2D eigenvalue weighted by Crippen LogP contribution is -2.50. The van der Waals surface area contributed by atoms with Gasteiger partial charge in [0.2, 0.25) is 5.91 Å². The van der Waals surface area contributed by atoms with Crippen molar-refractivity contribution in [3.63, 3.8) is 0 Å². The Hall–Kier alpha value is -2.83. The zero-order valence-corrected chi connectivity index (χ0v) is 15.1. The minimum absolute atomic E-state index is 0.299. The maximum absolute atomic E-state index is 12.2. The summed E-state index contributed by atoms with van der Waals surface area (Å²) in [6, 6.07) is 5.56. The van der Waals surface area contributed by atoms with Crippen LogP contribution in [0.5, 0.6) is 5.75 Å². The Kier molecular flexibility index (Phi) is 6.38. The number of hydrazine groups is 1. The SMILES string of the molecule is Cc1cccc(O[C@H](C)C(=O)NNC(=O)[C@@H]2CC=CC[C@H]2C(=O)O)c1C. The number of hydrogen-bond acceptors (Lipinski definition) is 4. The van der Waals surface area contributed by atoms with E-state index < -0.39 is 35.7 Å². The first-order valence-corrected chi connectivity index (χ1v) is 8.51. The molecule has 3 atom stereocenters. The van der Waals surface area contributed by atoms with Crippen molar-refractivity contribution in [2.24, 2.45) is 11.8 Å². The van der Waals surface area contributed by atoms with Gasteiger partial charge in [0.25, 0.3) is 5.91 Å². The molecule has 7 heteroatoms. The summed E-state index contributed by atoms with van der Waals surface area (Å²) in [6.45, 7) is 5.43. The summed E-state index contributed by atoms with van der Waals surface area (Å²) < 4.78 is 5.66. The van der Waals surface area contributed by atoms with E-state index in [9.17, 15) is 19.5 Å². The number of hydrogen-bond donors (Lipinski definition) is 3. The first kappa shape index (κ1) is 19.5. The Labute approximate surface area is 152 Å². The maximum Gasteiger partial charge on any atom is 0.307 e. The van der Waals surface area contributed by atoms with Crippen LogP contribution < -0.4 is 15.6 Å². The molecule has 0 saturated carbocycles. The van der Waals surface area contributed by atoms with E-state index in [1.807, 2.05) is 26.0 Å².